The number of carbonyl (C=O) groups is 1. The fraction of sp³-hybridized carbons (Fsp3) is 0.261. The van der Waals surface area contributed by atoms with Gasteiger partial charge in [-0.25, -0.2) is 8.78 Å². The van der Waals surface area contributed by atoms with Gasteiger partial charge in [0, 0.05) is 17.5 Å². The van der Waals surface area contributed by atoms with E-state index in [0.717, 1.165) is 34.6 Å². The van der Waals surface area contributed by atoms with Gasteiger partial charge in [-0.15, -0.1) is 11.3 Å². The largest absolute Gasteiger partial charge is 0.493 e. The number of fused-ring (bicyclic) bond motifs is 1. The van der Waals surface area contributed by atoms with Crippen molar-refractivity contribution in [2.75, 3.05) is 32.6 Å². The number of hydrogen-bond acceptors (Lipinski definition) is 5. The van der Waals surface area contributed by atoms with Gasteiger partial charge in [0.25, 0.3) is 0 Å². The summed E-state index contributed by atoms with van der Waals surface area (Å²) in [6, 6.07) is 10.9. The Hall–Kier alpha value is -2.97. The molecule has 31 heavy (non-hydrogen) atoms. The molecule has 0 aliphatic carbocycles. The van der Waals surface area contributed by atoms with Crippen LogP contribution >= 0.6 is 11.3 Å². The van der Waals surface area contributed by atoms with Gasteiger partial charge < -0.3 is 14.8 Å². The third kappa shape index (κ3) is 4.40. The van der Waals surface area contributed by atoms with E-state index in [4.69, 9.17) is 9.47 Å². The van der Waals surface area contributed by atoms with E-state index in [0.29, 0.717) is 18.0 Å². The molecule has 5 nitrogen and oxygen atoms in total. The predicted molar refractivity (Wildman–Crippen MR) is 116 cm³/mol. The van der Waals surface area contributed by atoms with Crippen molar-refractivity contribution >= 4 is 22.9 Å². The Morgan fingerprint density at radius 1 is 1.16 bits per heavy atom. The van der Waals surface area contributed by atoms with E-state index in [1.165, 1.54) is 6.07 Å². The number of carbonyl (C=O) groups excluding carboxylic acids is 1. The summed E-state index contributed by atoms with van der Waals surface area (Å²) >= 11 is 1.61. The lowest BCUT2D eigenvalue weighted by Crippen LogP contribution is -2.41. The summed E-state index contributed by atoms with van der Waals surface area (Å²) in [4.78, 5) is 15.9. The molecule has 2 heterocycles. The molecule has 4 rings (SSSR count). The van der Waals surface area contributed by atoms with Crippen molar-refractivity contribution in [3.63, 3.8) is 0 Å². The van der Waals surface area contributed by atoms with Crippen LogP contribution in [0.3, 0.4) is 0 Å². The van der Waals surface area contributed by atoms with Crippen molar-refractivity contribution < 1.29 is 23.0 Å². The zero-order chi connectivity index (χ0) is 22.0. The van der Waals surface area contributed by atoms with E-state index < -0.39 is 11.6 Å². The smallest absolute Gasteiger partial charge is 0.238 e. The maximum atomic E-state index is 13.9. The number of benzene rings is 2. The SMILES string of the molecule is COc1cc2c(cc1OC)C(c1cccs1)N(CC(=O)Nc1ccc(F)cc1F)CC2. The molecule has 1 aliphatic rings. The van der Waals surface area contributed by atoms with Crippen molar-refractivity contribution in [1.82, 2.24) is 4.90 Å². The zero-order valence-electron chi connectivity index (χ0n) is 17.2. The normalized spacial score (nSPS) is 15.9. The second-order valence-electron chi connectivity index (χ2n) is 7.22. The molecule has 1 aliphatic heterocycles. The Morgan fingerprint density at radius 2 is 1.94 bits per heavy atom. The number of thiophene rings is 1. The molecule has 8 heteroatoms. The van der Waals surface area contributed by atoms with E-state index in [2.05, 4.69) is 10.2 Å². The van der Waals surface area contributed by atoms with Crippen molar-refractivity contribution in [1.29, 1.82) is 0 Å². The summed E-state index contributed by atoms with van der Waals surface area (Å²) in [6.45, 7) is 0.706. The highest BCUT2D eigenvalue weighted by Gasteiger charge is 2.32. The van der Waals surface area contributed by atoms with E-state index in [-0.39, 0.29) is 24.2 Å². The quantitative estimate of drug-likeness (QED) is 0.602. The molecule has 0 bridgehead atoms. The third-order valence-electron chi connectivity index (χ3n) is 5.34. The topological polar surface area (TPSA) is 50.8 Å². The molecular formula is C23H22F2N2O3S. The van der Waals surface area contributed by atoms with Gasteiger partial charge in [-0.2, -0.15) is 0 Å². The average Bonchev–Trinajstić information content (AvgIpc) is 3.29. The predicted octanol–water partition coefficient (Wildman–Crippen LogP) is 4.63. The van der Waals surface area contributed by atoms with Gasteiger partial charge in [0.2, 0.25) is 5.91 Å². The van der Waals surface area contributed by atoms with Crippen molar-refractivity contribution in [3.8, 4) is 11.5 Å². The van der Waals surface area contributed by atoms with Gasteiger partial charge in [0.15, 0.2) is 11.5 Å². The molecule has 0 fully saturated rings. The van der Waals surface area contributed by atoms with Crippen molar-refractivity contribution in [2.24, 2.45) is 0 Å². The average molecular weight is 445 g/mol. The molecule has 162 valence electrons. The second-order valence-corrected chi connectivity index (χ2v) is 8.20. The van der Waals surface area contributed by atoms with Crippen LogP contribution in [0.2, 0.25) is 0 Å². The van der Waals surface area contributed by atoms with E-state index in [1.807, 2.05) is 29.6 Å². The molecule has 1 atom stereocenters. The minimum Gasteiger partial charge on any atom is -0.493 e. The van der Waals surface area contributed by atoms with Gasteiger partial charge in [0.05, 0.1) is 32.5 Å². The maximum Gasteiger partial charge on any atom is 0.238 e. The number of nitrogens with one attached hydrogen (secondary N) is 1. The number of ether oxygens (including phenoxy) is 2. The molecule has 0 radical (unpaired) electrons. The van der Waals surface area contributed by atoms with Gasteiger partial charge in [-0.1, -0.05) is 6.07 Å². The van der Waals surface area contributed by atoms with Gasteiger partial charge in [0.1, 0.15) is 11.6 Å². The van der Waals surface area contributed by atoms with Crippen LogP contribution < -0.4 is 14.8 Å². The second kappa shape index (κ2) is 9.03. The highest BCUT2D eigenvalue weighted by atomic mass is 32.1. The summed E-state index contributed by atoms with van der Waals surface area (Å²) in [5, 5.41) is 4.55. The summed E-state index contributed by atoms with van der Waals surface area (Å²) in [5.41, 5.74) is 2.15. The Morgan fingerprint density at radius 3 is 2.61 bits per heavy atom. The number of rotatable bonds is 6. The number of halogens is 2. The van der Waals surface area contributed by atoms with Crippen molar-refractivity contribution in [3.05, 3.63) is 75.5 Å². The van der Waals surface area contributed by atoms with Crippen LogP contribution in [0.15, 0.2) is 47.8 Å². The lowest BCUT2D eigenvalue weighted by Gasteiger charge is -2.37. The summed E-state index contributed by atoms with van der Waals surface area (Å²) in [7, 11) is 3.20. The van der Waals surface area contributed by atoms with Crippen LogP contribution in [0, 0.1) is 11.6 Å². The van der Waals surface area contributed by atoms with Crippen LogP contribution in [-0.4, -0.2) is 38.1 Å². The Balaban J connectivity index is 1.62. The van der Waals surface area contributed by atoms with E-state index >= 15 is 0 Å². The van der Waals surface area contributed by atoms with Crippen LogP contribution in [0.4, 0.5) is 14.5 Å². The van der Waals surface area contributed by atoms with Crippen LogP contribution in [0.1, 0.15) is 22.0 Å². The van der Waals surface area contributed by atoms with Gasteiger partial charge >= 0.3 is 0 Å². The monoisotopic (exact) mass is 444 g/mol. The molecule has 1 N–H and O–H groups in total. The first-order chi connectivity index (χ1) is 15.0. The third-order valence-corrected chi connectivity index (χ3v) is 6.26. The minimum absolute atomic E-state index is 0.0390. The fourth-order valence-corrected chi connectivity index (χ4v) is 4.79. The van der Waals surface area contributed by atoms with E-state index in [1.54, 1.807) is 25.6 Å². The molecule has 2 aromatic carbocycles. The van der Waals surface area contributed by atoms with Crippen molar-refractivity contribution in [2.45, 2.75) is 12.5 Å². The molecule has 1 unspecified atom stereocenters. The lowest BCUT2D eigenvalue weighted by atomic mass is 9.91. The number of hydrogen-bond donors (Lipinski definition) is 1. The first-order valence-electron chi connectivity index (χ1n) is 9.77. The number of nitrogens with zero attached hydrogens (tertiary/aromatic N) is 1. The summed E-state index contributed by atoms with van der Waals surface area (Å²) < 4.78 is 38.0. The number of anilines is 1. The van der Waals surface area contributed by atoms with Gasteiger partial charge in [-0.3, -0.25) is 9.69 Å². The Bertz CT molecular complexity index is 1090. The molecule has 0 saturated heterocycles. The molecule has 3 aromatic rings. The molecule has 1 aromatic heterocycles. The highest BCUT2D eigenvalue weighted by Crippen LogP contribution is 2.42. The molecule has 1 amide bonds. The first kappa shape index (κ1) is 21.3. The molecular weight excluding hydrogens is 422 g/mol. The lowest BCUT2D eigenvalue weighted by molar-refractivity contribution is -0.117. The Labute approximate surface area is 183 Å². The van der Waals surface area contributed by atoms with Crippen LogP contribution in [-0.2, 0) is 11.2 Å². The highest BCUT2D eigenvalue weighted by molar-refractivity contribution is 7.10. The van der Waals surface area contributed by atoms with Gasteiger partial charge in [-0.05, 0) is 53.3 Å². The summed E-state index contributed by atoms with van der Waals surface area (Å²) in [5.74, 6) is -0.558. The standard InChI is InChI=1S/C23H22F2N2O3S/c1-29-19-10-14-7-8-27(13-22(28)26-18-6-5-15(24)11-17(18)25)23(21-4-3-9-31-21)16(14)12-20(19)30-2/h3-6,9-12,23H,7-8,13H2,1-2H3,(H,26,28). The van der Waals surface area contributed by atoms with E-state index in [9.17, 15) is 13.6 Å². The number of amides is 1. The van der Waals surface area contributed by atoms with Crippen LogP contribution in [0.25, 0.3) is 0 Å². The molecule has 0 saturated carbocycles. The number of methoxy groups -OCH3 is 2. The molecule has 0 spiro atoms. The summed E-state index contributed by atoms with van der Waals surface area (Å²) in [6.07, 6.45) is 0.732. The zero-order valence-corrected chi connectivity index (χ0v) is 18.0. The van der Waals surface area contributed by atoms with Crippen LogP contribution in [0.5, 0.6) is 11.5 Å². The first-order valence-corrected chi connectivity index (χ1v) is 10.6. The maximum absolute atomic E-state index is 13.9. The fourth-order valence-electron chi connectivity index (χ4n) is 3.91. The Kier molecular flexibility index (Phi) is 6.20. The minimum atomic E-state index is -0.802.